The third kappa shape index (κ3) is 5.70. The molecule has 0 amide bonds. The molecule has 0 radical (unpaired) electrons. The van der Waals surface area contributed by atoms with Crippen molar-refractivity contribution in [1.82, 2.24) is 0 Å². The molecule has 0 aliphatic rings. The summed E-state index contributed by atoms with van der Waals surface area (Å²) in [5.41, 5.74) is 7.18. The first-order valence-electron chi connectivity index (χ1n) is 15.4. The predicted molar refractivity (Wildman–Crippen MR) is 174 cm³/mol. The standard InChI is InChI=1S/C38H46O6/c1-7-23-14-31(17-26(20-39)34(23)42)37(4,5)29-10-12-30(13-11-29)38(6,32-15-24(8-2)35(43)27(18-32)21-40)33-16-25(9-3)36(44)28(19-33)22-41/h10-19,39-44H,7-9,20-22H2,1-6H3. The largest absolute Gasteiger partial charge is 0.507 e. The summed E-state index contributed by atoms with van der Waals surface area (Å²) in [7, 11) is 0. The Kier molecular flexibility index (Phi) is 9.79. The zero-order valence-corrected chi connectivity index (χ0v) is 26.7. The molecule has 6 nitrogen and oxygen atoms in total. The van der Waals surface area contributed by atoms with Crippen LogP contribution in [-0.2, 0) is 49.9 Å². The van der Waals surface area contributed by atoms with Gasteiger partial charge in [-0.3, -0.25) is 0 Å². The van der Waals surface area contributed by atoms with Crippen LogP contribution in [0, 0.1) is 0 Å². The van der Waals surface area contributed by atoms with Gasteiger partial charge in [0.15, 0.2) is 0 Å². The van der Waals surface area contributed by atoms with Crippen molar-refractivity contribution in [1.29, 1.82) is 0 Å². The number of aliphatic hydroxyl groups is 3. The summed E-state index contributed by atoms with van der Waals surface area (Å²) in [4.78, 5) is 0. The van der Waals surface area contributed by atoms with Gasteiger partial charge in [0.25, 0.3) is 0 Å². The van der Waals surface area contributed by atoms with E-state index in [2.05, 4.69) is 45.0 Å². The Hall–Kier alpha value is -3.84. The smallest absolute Gasteiger partial charge is 0.124 e. The van der Waals surface area contributed by atoms with E-state index in [9.17, 15) is 30.6 Å². The molecule has 0 aliphatic heterocycles. The maximum Gasteiger partial charge on any atom is 0.124 e. The first-order valence-corrected chi connectivity index (χ1v) is 15.4. The summed E-state index contributed by atoms with van der Waals surface area (Å²) in [6.45, 7) is 11.4. The van der Waals surface area contributed by atoms with Crippen LogP contribution in [0.5, 0.6) is 17.2 Å². The Balaban J connectivity index is 1.95. The van der Waals surface area contributed by atoms with Gasteiger partial charge in [-0.2, -0.15) is 0 Å². The third-order valence-corrected chi connectivity index (χ3v) is 9.52. The van der Waals surface area contributed by atoms with Crippen LogP contribution >= 0.6 is 0 Å². The number of aliphatic hydroxyl groups excluding tert-OH is 3. The minimum absolute atomic E-state index is 0.0943. The summed E-state index contributed by atoms with van der Waals surface area (Å²) in [6.07, 6.45) is 1.80. The second-order valence-electron chi connectivity index (χ2n) is 12.3. The highest BCUT2D eigenvalue weighted by molar-refractivity contribution is 5.58. The Bertz CT molecular complexity index is 1500. The molecule has 0 aromatic heterocycles. The molecule has 0 fully saturated rings. The summed E-state index contributed by atoms with van der Waals surface area (Å²) in [5.74, 6) is 0.333. The minimum atomic E-state index is -0.774. The molecule has 0 aliphatic carbocycles. The van der Waals surface area contributed by atoms with E-state index in [1.54, 1.807) is 0 Å². The van der Waals surface area contributed by atoms with Crippen molar-refractivity contribution in [2.24, 2.45) is 0 Å². The maximum absolute atomic E-state index is 10.8. The second kappa shape index (κ2) is 13.0. The van der Waals surface area contributed by atoms with Gasteiger partial charge in [0.1, 0.15) is 17.2 Å². The van der Waals surface area contributed by atoms with E-state index in [-0.39, 0.29) is 37.1 Å². The quantitative estimate of drug-likeness (QED) is 0.108. The van der Waals surface area contributed by atoms with E-state index in [4.69, 9.17) is 0 Å². The molecule has 4 rings (SSSR count). The summed E-state index contributed by atoms with van der Waals surface area (Å²) in [6, 6.07) is 19.8. The van der Waals surface area contributed by atoms with Crippen molar-refractivity contribution in [3.63, 3.8) is 0 Å². The molecule has 44 heavy (non-hydrogen) atoms. The van der Waals surface area contributed by atoms with Crippen molar-refractivity contribution in [2.45, 2.75) is 91.5 Å². The first-order chi connectivity index (χ1) is 20.9. The van der Waals surface area contributed by atoms with Gasteiger partial charge < -0.3 is 30.6 Å². The van der Waals surface area contributed by atoms with Crippen LogP contribution in [0.25, 0.3) is 0 Å². The number of hydrogen-bond donors (Lipinski definition) is 6. The van der Waals surface area contributed by atoms with E-state index >= 15 is 0 Å². The van der Waals surface area contributed by atoms with Gasteiger partial charge in [-0.25, -0.2) is 0 Å². The molecule has 0 unspecified atom stereocenters. The van der Waals surface area contributed by atoms with E-state index in [0.717, 1.165) is 44.5 Å². The molecule has 0 heterocycles. The predicted octanol–water partition coefficient (Wildman–Crippen LogP) is 6.65. The zero-order chi connectivity index (χ0) is 32.4. The van der Waals surface area contributed by atoms with Crippen molar-refractivity contribution < 1.29 is 30.6 Å². The van der Waals surface area contributed by atoms with Gasteiger partial charge in [0.2, 0.25) is 0 Å². The van der Waals surface area contributed by atoms with E-state index in [1.165, 1.54) is 0 Å². The Morgan fingerprint density at radius 2 is 0.727 bits per heavy atom. The third-order valence-electron chi connectivity index (χ3n) is 9.52. The topological polar surface area (TPSA) is 121 Å². The number of aromatic hydroxyl groups is 3. The molecule has 6 heteroatoms. The molecule has 4 aromatic rings. The average molecular weight is 599 g/mol. The normalized spacial score (nSPS) is 12.1. The highest BCUT2D eigenvalue weighted by Gasteiger charge is 2.35. The average Bonchev–Trinajstić information content (AvgIpc) is 3.04. The van der Waals surface area contributed by atoms with Crippen LogP contribution in [0.2, 0.25) is 0 Å². The Labute approximate surface area is 260 Å². The number of phenols is 3. The first kappa shape index (κ1) is 33.1. The zero-order valence-electron chi connectivity index (χ0n) is 26.7. The summed E-state index contributed by atoms with van der Waals surface area (Å²) >= 11 is 0. The number of hydrogen-bond acceptors (Lipinski definition) is 6. The molecule has 0 saturated heterocycles. The minimum Gasteiger partial charge on any atom is -0.507 e. The molecule has 6 N–H and O–H groups in total. The van der Waals surface area contributed by atoms with Crippen LogP contribution in [0.1, 0.15) is 103 Å². The van der Waals surface area contributed by atoms with Crippen LogP contribution < -0.4 is 0 Å². The van der Waals surface area contributed by atoms with Gasteiger partial charge in [-0.15, -0.1) is 0 Å². The van der Waals surface area contributed by atoms with Crippen molar-refractivity contribution in [3.8, 4) is 17.2 Å². The highest BCUT2D eigenvalue weighted by atomic mass is 16.3. The SMILES string of the molecule is CCc1cc(C(C)(C)c2ccc(C(C)(c3cc(CC)c(O)c(CO)c3)c3cc(CC)c(O)c(CO)c3)cc2)cc(CO)c1O. The fourth-order valence-corrected chi connectivity index (χ4v) is 6.28. The van der Waals surface area contributed by atoms with Gasteiger partial charge in [-0.05, 0) is 88.9 Å². The lowest BCUT2D eigenvalue weighted by atomic mass is 9.68. The van der Waals surface area contributed by atoms with Crippen LogP contribution in [0.4, 0.5) is 0 Å². The van der Waals surface area contributed by atoms with Crippen molar-refractivity contribution in [3.05, 3.63) is 122 Å². The van der Waals surface area contributed by atoms with Gasteiger partial charge in [-0.1, -0.05) is 77.1 Å². The van der Waals surface area contributed by atoms with E-state index < -0.39 is 10.8 Å². The molecule has 0 spiro atoms. The lowest BCUT2D eigenvalue weighted by Crippen LogP contribution is -2.27. The molecule has 234 valence electrons. The van der Waals surface area contributed by atoms with Crippen molar-refractivity contribution in [2.75, 3.05) is 0 Å². The fourth-order valence-electron chi connectivity index (χ4n) is 6.28. The Morgan fingerprint density at radius 1 is 0.432 bits per heavy atom. The monoisotopic (exact) mass is 598 g/mol. The van der Waals surface area contributed by atoms with Crippen LogP contribution in [-0.4, -0.2) is 30.6 Å². The second-order valence-corrected chi connectivity index (χ2v) is 12.3. The molecule has 0 atom stereocenters. The highest BCUT2D eigenvalue weighted by Crippen LogP contribution is 2.45. The lowest BCUT2D eigenvalue weighted by molar-refractivity contribution is 0.274. The molecule has 4 aromatic carbocycles. The van der Waals surface area contributed by atoms with Gasteiger partial charge in [0.05, 0.1) is 19.8 Å². The van der Waals surface area contributed by atoms with Crippen molar-refractivity contribution >= 4 is 0 Å². The van der Waals surface area contributed by atoms with Crippen LogP contribution in [0.15, 0.2) is 60.7 Å². The van der Waals surface area contributed by atoms with E-state index in [0.29, 0.717) is 36.0 Å². The summed E-state index contributed by atoms with van der Waals surface area (Å²) < 4.78 is 0. The number of benzene rings is 4. The molecular weight excluding hydrogens is 552 g/mol. The fraction of sp³-hybridized carbons (Fsp3) is 0.368. The number of rotatable bonds is 11. The van der Waals surface area contributed by atoms with Gasteiger partial charge >= 0.3 is 0 Å². The summed E-state index contributed by atoms with van der Waals surface area (Å²) in [5, 5.41) is 62.3. The maximum atomic E-state index is 10.8. The van der Waals surface area contributed by atoms with E-state index in [1.807, 2.05) is 57.2 Å². The number of aryl methyl sites for hydroxylation is 3. The molecular formula is C38H46O6. The lowest BCUT2D eigenvalue weighted by Gasteiger charge is -2.35. The Morgan fingerprint density at radius 3 is 1.07 bits per heavy atom. The van der Waals surface area contributed by atoms with Gasteiger partial charge in [0, 0.05) is 27.5 Å². The van der Waals surface area contributed by atoms with Crippen LogP contribution in [0.3, 0.4) is 0 Å². The molecule has 0 bridgehead atoms. The molecule has 0 saturated carbocycles.